The summed E-state index contributed by atoms with van der Waals surface area (Å²) in [5, 5.41) is 6.30. The van der Waals surface area contributed by atoms with E-state index in [1.807, 2.05) is 12.1 Å². The minimum absolute atomic E-state index is 0.0520. The van der Waals surface area contributed by atoms with Crippen LogP contribution in [0.3, 0.4) is 0 Å². The van der Waals surface area contributed by atoms with Crippen LogP contribution in [-0.2, 0) is 9.53 Å². The monoisotopic (exact) mass is 352 g/mol. The molecule has 0 spiro atoms. The van der Waals surface area contributed by atoms with Gasteiger partial charge in [-0.1, -0.05) is 0 Å². The second-order valence-corrected chi connectivity index (χ2v) is 5.97. The van der Waals surface area contributed by atoms with Crippen LogP contribution in [0, 0.1) is 5.92 Å². The first kappa shape index (κ1) is 19.3. The summed E-state index contributed by atoms with van der Waals surface area (Å²) in [6.07, 6.45) is 0.803. The molecule has 0 radical (unpaired) electrons. The number of nitrogens with one attached hydrogen (secondary N) is 2. The fourth-order valence-corrected chi connectivity index (χ4v) is 3.18. The smallest absolute Gasteiger partial charge is 0.225 e. The van der Waals surface area contributed by atoms with Crippen LogP contribution in [-0.4, -0.2) is 60.6 Å². The molecular weight excluding hydrogens is 324 g/mol. The van der Waals surface area contributed by atoms with Gasteiger partial charge in [0.1, 0.15) is 0 Å². The molecule has 25 heavy (non-hydrogen) atoms. The van der Waals surface area contributed by atoms with Gasteiger partial charge in [0.05, 0.1) is 27.2 Å². The van der Waals surface area contributed by atoms with Crippen LogP contribution in [0.2, 0.25) is 0 Å². The second kappa shape index (κ2) is 9.48. The zero-order valence-electron chi connectivity index (χ0n) is 15.4. The highest BCUT2D eigenvalue weighted by atomic mass is 16.5. The number of rotatable bonds is 9. The molecule has 7 heteroatoms. The summed E-state index contributed by atoms with van der Waals surface area (Å²) in [5.41, 5.74) is 0.997. The maximum atomic E-state index is 12.5. The fourth-order valence-electron chi connectivity index (χ4n) is 3.18. The summed E-state index contributed by atoms with van der Waals surface area (Å²) in [4.78, 5) is 12.5. The van der Waals surface area contributed by atoms with Crippen LogP contribution < -0.4 is 24.8 Å². The van der Waals surface area contributed by atoms with E-state index in [0.717, 1.165) is 18.5 Å². The van der Waals surface area contributed by atoms with E-state index in [9.17, 15) is 4.79 Å². The summed E-state index contributed by atoms with van der Waals surface area (Å²) < 4.78 is 21.2. The molecule has 1 heterocycles. The maximum absolute atomic E-state index is 12.5. The first-order valence-electron chi connectivity index (χ1n) is 8.43. The summed E-state index contributed by atoms with van der Waals surface area (Å²) >= 11 is 0. The molecule has 7 nitrogen and oxygen atoms in total. The minimum atomic E-state index is -0.134. The van der Waals surface area contributed by atoms with Gasteiger partial charge < -0.3 is 29.6 Å². The Hall–Kier alpha value is -1.99. The standard InChI is InChI=1S/C18H28N2O5/c1-22-7-5-6-20-18(21)14-11-19-10-13(14)12-8-15(23-2)17(25-4)16(9-12)24-3/h8-9,13-14,19H,5-7,10-11H2,1-4H3,(H,20,21). The van der Waals surface area contributed by atoms with Crippen molar-refractivity contribution in [2.45, 2.75) is 12.3 Å². The van der Waals surface area contributed by atoms with Gasteiger partial charge in [-0.2, -0.15) is 0 Å². The van der Waals surface area contributed by atoms with Gasteiger partial charge in [-0.25, -0.2) is 0 Å². The molecule has 1 aliphatic heterocycles. The summed E-state index contributed by atoms with van der Waals surface area (Å²) in [5.74, 6) is 1.73. The van der Waals surface area contributed by atoms with Crippen LogP contribution in [0.5, 0.6) is 17.2 Å². The fraction of sp³-hybridized carbons (Fsp3) is 0.611. The third-order valence-electron chi connectivity index (χ3n) is 4.49. The molecule has 1 aromatic carbocycles. The van der Waals surface area contributed by atoms with Gasteiger partial charge in [-0.15, -0.1) is 0 Å². The molecule has 2 N–H and O–H groups in total. The summed E-state index contributed by atoms with van der Waals surface area (Å²) in [6, 6.07) is 3.84. The lowest BCUT2D eigenvalue weighted by molar-refractivity contribution is -0.124. The van der Waals surface area contributed by atoms with Crippen molar-refractivity contribution in [1.82, 2.24) is 10.6 Å². The van der Waals surface area contributed by atoms with Crippen molar-refractivity contribution < 1.29 is 23.7 Å². The van der Waals surface area contributed by atoms with Crippen LogP contribution in [0.1, 0.15) is 17.9 Å². The van der Waals surface area contributed by atoms with Crippen molar-refractivity contribution >= 4 is 5.91 Å². The quantitative estimate of drug-likeness (QED) is 0.650. The van der Waals surface area contributed by atoms with Gasteiger partial charge in [0, 0.05) is 39.3 Å². The average Bonchev–Trinajstić information content (AvgIpc) is 3.13. The van der Waals surface area contributed by atoms with E-state index in [-0.39, 0.29) is 17.7 Å². The lowest BCUT2D eigenvalue weighted by Gasteiger charge is -2.21. The number of methoxy groups -OCH3 is 4. The highest BCUT2D eigenvalue weighted by molar-refractivity contribution is 5.80. The molecule has 0 aliphatic carbocycles. The second-order valence-electron chi connectivity index (χ2n) is 5.97. The average molecular weight is 352 g/mol. The lowest BCUT2D eigenvalue weighted by Crippen LogP contribution is -2.35. The van der Waals surface area contributed by atoms with Gasteiger partial charge in [0.25, 0.3) is 0 Å². The molecule has 0 saturated carbocycles. The molecule has 140 valence electrons. The van der Waals surface area contributed by atoms with Crippen molar-refractivity contribution in [2.75, 3.05) is 54.7 Å². The van der Waals surface area contributed by atoms with Crippen LogP contribution >= 0.6 is 0 Å². The Morgan fingerprint density at radius 3 is 2.36 bits per heavy atom. The topological polar surface area (TPSA) is 78.1 Å². The molecule has 2 unspecified atom stereocenters. The Morgan fingerprint density at radius 1 is 1.12 bits per heavy atom. The molecule has 2 atom stereocenters. The zero-order valence-corrected chi connectivity index (χ0v) is 15.4. The molecule has 2 rings (SSSR count). The van der Waals surface area contributed by atoms with Crippen molar-refractivity contribution in [3.63, 3.8) is 0 Å². The maximum Gasteiger partial charge on any atom is 0.225 e. The van der Waals surface area contributed by atoms with Crippen molar-refractivity contribution in [1.29, 1.82) is 0 Å². The summed E-state index contributed by atoms with van der Waals surface area (Å²) in [7, 11) is 6.42. The van der Waals surface area contributed by atoms with E-state index in [1.54, 1.807) is 28.4 Å². The van der Waals surface area contributed by atoms with Crippen LogP contribution in [0.15, 0.2) is 12.1 Å². The Labute approximate surface area is 149 Å². The molecule has 0 bridgehead atoms. The van der Waals surface area contributed by atoms with Crippen LogP contribution in [0.4, 0.5) is 0 Å². The van der Waals surface area contributed by atoms with Gasteiger partial charge >= 0.3 is 0 Å². The highest BCUT2D eigenvalue weighted by Gasteiger charge is 2.35. The Morgan fingerprint density at radius 2 is 1.80 bits per heavy atom. The predicted molar refractivity (Wildman–Crippen MR) is 94.7 cm³/mol. The van der Waals surface area contributed by atoms with Gasteiger partial charge in [0.2, 0.25) is 11.7 Å². The number of hydrogen-bond donors (Lipinski definition) is 2. The highest BCUT2D eigenvalue weighted by Crippen LogP contribution is 2.42. The Bertz CT molecular complexity index is 554. The molecule has 1 amide bonds. The third kappa shape index (κ3) is 4.55. The first-order chi connectivity index (χ1) is 12.2. The van der Waals surface area contributed by atoms with E-state index in [1.165, 1.54) is 0 Å². The Balaban J connectivity index is 2.17. The van der Waals surface area contributed by atoms with E-state index < -0.39 is 0 Å². The summed E-state index contributed by atoms with van der Waals surface area (Å²) in [6.45, 7) is 2.64. The van der Waals surface area contributed by atoms with Crippen molar-refractivity contribution in [2.24, 2.45) is 5.92 Å². The molecule has 1 saturated heterocycles. The van der Waals surface area contributed by atoms with Gasteiger partial charge in [0.15, 0.2) is 11.5 Å². The SMILES string of the molecule is COCCCNC(=O)C1CNCC1c1cc(OC)c(OC)c(OC)c1. The van der Waals surface area contributed by atoms with E-state index in [2.05, 4.69) is 10.6 Å². The molecule has 1 fully saturated rings. The molecular formula is C18H28N2O5. The van der Waals surface area contributed by atoms with Crippen LogP contribution in [0.25, 0.3) is 0 Å². The van der Waals surface area contributed by atoms with E-state index in [4.69, 9.17) is 18.9 Å². The van der Waals surface area contributed by atoms with Crippen molar-refractivity contribution in [3.8, 4) is 17.2 Å². The predicted octanol–water partition coefficient (Wildman–Crippen LogP) is 1.17. The lowest BCUT2D eigenvalue weighted by atomic mass is 9.88. The normalized spacial score (nSPS) is 19.5. The molecule has 1 aliphatic rings. The largest absolute Gasteiger partial charge is 0.493 e. The van der Waals surface area contributed by atoms with Gasteiger partial charge in [-0.05, 0) is 24.1 Å². The third-order valence-corrected chi connectivity index (χ3v) is 4.49. The van der Waals surface area contributed by atoms with Gasteiger partial charge in [-0.3, -0.25) is 4.79 Å². The molecule has 1 aromatic rings. The number of hydrogen-bond acceptors (Lipinski definition) is 6. The molecule has 0 aromatic heterocycles. The number of benzene rings is 1. The number of ether oxygens (including phenoxy) is 4. The Kier molecular flexibility index (Phi) is 7.33. The number of carbonyl (C=O) groups excluding carboxylic acids is 1. The van der Waals surface area contributed by atoms with E-state index in [0.29, 0.717) is 36.9 Å². The first-order valence-corrected chi connectivity index (χ1v) is 8.43. The van der Waals surface area contributed by atoms with E-state index >= 15 is 0 Å². The minimum Gasteiger partial charge on any atom is -0.493 e. The zero-order chi connectivity index (χ0) is 18.2. The number of carbonyl (C=O) groups is 1. The number of amides is 1. The van der Waals surface area contributed by atoms with Crippen molar-refractivity contribution in [3.05, 3.63) is 17.7 Å².